The zero-order chi connectivity index (χ0) is 13.8. The summed E-state index contributed by atoms with van der Waals surface area (Å²) < 4.78 is 12.0. The summed E-state index contributed by atoms with van der Waals surface area (Å²) in [6, 6.07) is 8.16. The summed E-state index contributed by atoms with van der Waals surface area (Å²) in [5.74, 6) is 1.70. The average molecular weight is 389 g/mol. The standard InChI is InChI=1S/C14H16INO2S/c1-16-14(9-6-13(15)19-8-9)11-7-10(17-2)4-5-12(11)18-3/h4-8,14,16H,1-3H3. The molecule has 0 aliphatic carbocycles. The molecule has 1 unspecified atom stereocenters. The van der Waals surface area contributed by atoms with Crippen molar-refractivity contribution >= 4 is 33.9 Å². The van der Waals surface area contributed by atoms with Crippen LogP contribution in [0.15, 0.2) is 29.6 Å². The Bertz CT molecular complexity index is 556. The summed E-state index contributed by atoms with van der Waals surface area (Å²) in [6.07, 6.45) is 0. The van der Waals surface area contributed by atoms with E-state index in [9.17, 15) is 0 Å². The van der Waals surface area contributed by atoms with Crippen molar-refractivity contribution in [3.8, 4) is 11.5 Å². The van der Waals surface area contributed by atoms with Crippen molar-refractivity contribution in [1.29, 1.82) is 0 Å². The average Bonchev–Trinajstić information content (AvgIpc) is 2.86. The van der Waals surface area contributed by atoms with Crippen LogP contribution in [0.2, 0.25) is 0 Å². The van der Waals surface area contributed by atoms with Crippen molar-refractivity contribution in [2.45, 2.75) is 6.04 Å². The molecule has 3 nitrogen and oxygen atoms in total. The summed E-state index contributed by atoms with van der Waals surface area (Å²) in [4.78, 5) is 0. The van der Waals surface area contributed by atoms with Crippen LogP contribution in [0.3, 0.4) is 0 Å². The number of halogens is 1. The van der Waals surface area contributed by atoms with E-state index in [2.05, 4.69) is 39.4 Å². The predicted molar refractivity (Wildman–Crippen MR) is 87.5 cm³/mol. The lowest BCUT2D eigenvalue weighted by molar-refractivity contribution is 0.395. The number of benzene rings is 1. The summed E-state index contributed by atoms with van der Waals surface area (Å²) in [5, 5.41) is 5.51. The summed E-state index contributed by atoms with van der Waals surface area (Å²) >= 11 is 4.08. The van der Waals surface area contributed by atoms with E-state index in [0.29, 0.717) is 0 Å². The lowest BCUT2D eigenvalue weighted by Gasteiger charge is -2.19. The number of hydrogen-bond donors (Lipinski definition) is 1. The number of hydrogen-bond acceptors (Lipinski definition) is 4. The van der Waals surface area contributed by atoms with Crippen LogP contribution in [0, 0.1) is 2.88 Å². The van der Waals surface area contributed by atoms with Crippen LogP contribution < -0.4 is 14.8 Å². The molecule has 0 saturated heterocycles. The van der Waals surface area contributed by atoms with E-state index in [1.165, 1.54) is 8.45 Å². The van der Waals surface area contributed by atoms with Crippen molar-refractivity contribution in [2.24, 2.45) is 0 Å². The molecule has 0 aliphatic heterocycles. The minimum Gasteiger partial charge on any atom is -0.497 e. The quantitative estimate of drug-likeness (QED) is 0.792. The van der Waals surface area contributed by atoms with E-state index >= 15 is 0 Å². The van der Waals surface area contributed by atoms with Gasteiger partial charge in [0.05, 0.1) is 23.1 Å². The minimum atomic E-state index is 0.102. The summed E-state index contributed by atoms with van der Waals surface area (Å²) in [5.41, 5.74) is 2.32. The van der Waals surface area contributed by atoms with Gasteiger partial charge in [-0.05, 0) is 64.8 Å². The van der Waals surface area contributed by atoms with Crippen molar-refractivity contribution in [2.75, 3.05) is 21.3 Å². The zero-order valence-corrected chi connectivity index (χ0v) is 14.0. The molecule has 5 heteroatoms. The Hall–Kier alpha value is -0.790. The van der Waals surface area contributed by atoms with Crippen LogP contribution in [0.4, 0.5) is 0 Å². The zero-order valence-electron chi connectivity index (χ0n) is 11.1. The molecule has 0 fully saturated rings. The highest BCUT2D eigenvalue weighted by Crippen LogP contribution is 2.34. The van der Waals surface area contributed by atoms with Crippen LogP contribution in [0.5, 0.6) is 11.5 Å². The number of ether oxygens (including phenoxy) is 2. The smallest absolute Gasteiger partial charge is 0.124 e. The Morgan fingerprint density at radius 2 is 2.00 bits per heavy atom. The van der Waals surface area contributed by atoms with E-state index in [1.54, 1.807) is 25.6 Å². The summed E-state index contributed by atoms with van der Waals surface area (Å²) in [7, 11) is 5.32. The Morgan fingerprint density at radius 3 is 2.53 bits per heavy atom. The maximum absolute atomic E-state index is 5.46. The molecule has 1 atom stereocenters. The fourth-order valence-electron chi connectivity index (χ4n) is 2.04. The van der Waals surface area contributed by atoms with Gasteiger partial charge in [0, 0.05) is 5.56 Å². The Kier molecular flexibility index (Phi) is 5.06. The normalized spacial score (nSPS) is 12.2. The molecule has 0 aliphatic rings. The van der Waals surface area contributed by atoms with Crippen molar-refractivity contribution in [1.82, 2.24) is 5.32 Å². The van der Waals surface area contributed by atoms with Gasteiger partial charge in [0.2, 0.25) is 0 Å². The first-order valence-electron chi connectivity index (χ1n) is 5.82. The SMILES string of the molecule is CNC(c1csc(I)c1)c1cc(OC)ccc1OC. The molecule has 19 heavy (non-hydrogen) atoms. The van der Waals surface area contributed by atoms with E-state index in [1.807, 2.05) is 25.2 Å². The van der Waals surface area contributed by atoms with Gasteiger partial charge in [-0.3, -0.25) is 0 Å². The van der Waals surface area contributed by atoms with Crippen LogP contribution >= 0.6 is 33.9 Å². The van der Waals surface area contributed by atoms with E-state index < -0.39 is 0 Å². The first-order valence-corrected chi connectivity index (χ1v) is 7.78. The first-order chi connectivity index (χ1) is 9.19. The Balaban J connectivity index is 2.47. The van der Waals surface area contributed by atoms with Crippen LogP contribution in [0.1, 0.15) is 17.2 Å². The molecule has 0 saturated carbocycles. The molecule has 102 valence electrons. The minimum absolute atomic E-state index is 0.102. The second kappa shape index (κ2) is 6.58. The first kappa shape index (κ1) is 14.6. The lowest BCUT2D eigenvalue weighted by atomic mass is 10.00. The third-order valence-corrected chi connectivity index (χ3v) is 4.76. The maximum atomic E-state index is 5.46. The topological polar surface area (TPSA) is 30.5 Å². The molecule has 2 aromatic rings. The van der Waals surface area contributed by atoms with Crippen molar-refractivity contribution in [3.05, 3.63) is 43.7 Å². The van der Waals surface area contributed by atoms with Gasteiger partial charge >= 0.3 is 0 Å². The molecule has 2 rings (SSSR count). The van der Waals surface area contributed by atoms with Gasteiger partial charge in [0.15, 0.2) is 0 Å². The molecule has 1 heterocycles. The Morgan fingerprint density at radius 1 is 1.21 bits per heavy atom. The van der Waals surface area contributed by atoms with Gasteiger partial charge in [-0.2, -0.15) is 0 Å². The molecule has 1 N–H and O–H groups in total. The maximum Gasteiger partial charge on any atom is 0.124 e. The number of methoxy groups -OCH3 is 2. The molecular formula is C14H16INO2S. The van der Waals surface area contributed by atoms with Gasteiger partial charge in [0.1, 0.15) is 11.5 Å². The second-order valence-corrected chi connectivity index (χ2v) is 6.82. The van der Waals surface area contributed by atoms with Crippen molar-refractivity contribution < 1.29 is 9.47 Å². The van der Waals surface area contributed by atoms with Gasteiger partial charge in [-0.25, -0.2) is 0 Å². The number of thiophene rings is 1. The van der Waals surface area contributed by atoms with Crippen LogP contribution in [-0.4, -0.2) is 21.3 Å². The summed E-state index contributed by atoms with van der Waals surface area (Å²) in [6.45, 7) is 0. The highest BCUT2D eigenvalue weighted by atomic mass is 127. The molecule has 0 radical (unpaired) electrons. The van der Waals surface area contributed by atoms with E-state index in [4.69, 9.17) is 9.47 Å². The molecule has 0 bridgehead atoms. The van der Waals surface area contributed by atoms with Crippen LogP contribution in [-0.2, 0) is 0 Å². The molecule has 0 spiro atoms. The van der Waals surface area contributed by atoms with Gasteiger partial charge in [0.25, 0.3) is 0 Å². The highest BCUT2D eigenvalue weighted by Gasteiger charge is 2.18. The fraction of sp³-hybridized carbons (Fsp3) is 0.286. The Labute approximate surface area is 131 Å². The van der Waals surface area contributed by atoms with Crippen LogP contribution in [0.25, 0.3) is 0 Å². The molecular weight excluding hydrogens is 373 g/mol. The molecule has 1 aromatic heterocycles. The largest absolute Gasteiger partial charge is 0.497 e. The second-order valence-electron chi connectivity index (χ2n) is 4.01. The van der Waals surface area contributed by atoms with Gasteiger partial charge < -0.3 is 14.8 Å². The van der Waals surface area contributed by atoms with Gasteiger partial charge in [-0.1, -0.05) is 0 Å². The third kappa shape index (κ3) is 3.21. The van der Waals surface area contributed by atoms with Crippen molar-refractivity contribution in [3.63, 3.8) is 0 Å². The van der Waals surface area contributed by atoms with E-state index in [0.717, 1.165) is 17.1 Å². The lowest BCUT2D eigenvalue weighted by Crippen LogP contribution is -2.18. The fourth-order valence-corrected chi connectivity index (χ4v) is 3.44. The molecule has 0 amide bonds. The number of nitrogens with one attached hydrogen (secondary N) is 1. The highest BCUT2D eigenvalue weighted by molar-refractivity contribution is 14.1. The molecule has 1 aromatic carbocycles. The predicted octanol–water partition coefficient (Wildman–Crippen LogP) is 3.68. The third-order valence-electron chi connectivity index (χ3n) is 2.96. The van der Waals surface area contributed by atoms with E-state index in [-0.39, 0.29) is 6.04 Å². The number of rotatable bonds is 5. The van der Waals surface area contributed by atoms with Gasteiger partial charge in [-0.15, -0.1) is 11.3 Å². The monoisotopic (exact) mass is 389 g/mol.